The van der Waals surface area contributed by atoms with Crippen molar-refractivity contribution in [2.24, 2.45) is 0 Å². The van der Waals surface area contributed by atoms with Gasteiger partial charge in [0.05, 0.1) is 5.69 Å². The molecule has 0 atom stereocenters. The predicted molar refractivity (Wildman–Crippen MR) is 57.8 cm³/mol. The van der Waals surface area contributed by atoms with Crippen molar-refractivity contribution in [2.45, 2.75) is 33.6 Å². The molecule has 1 aromatic rings. The molecule has 1 heterocycles. The van der Waals surface area contributed by atoms with Gasteiger partial charge in [-0.1, -0.05) is 26.0 Å². The minimum Gasteiger partial charge on any atom is -0.253 e. The normalized spacial score (nSPS) is 11.5. The number of aryl methyl sites for hydroxylation is 1. The van der Waals surface area contributed by atoms with Crippen LogP contribution in [0.1, 0.15) is 43.6 Å². The molecule has 0 bridgehead atoms. The van der Waals surface area contributed by atoms with E-state index in [0.717, 1.165) is 5.69 Å². The van der Waals surface area contributed by atoms with Gasteiger partial charge in [-0.25, -0.2) is 0 Å². The summed E-state index contributed by atoms with van der Waals surface area (Å²) in [6.07, 6.45) is 4.08. The fraction of sp³-hybridized carbons (Fsp3) is 0.417. The van der Waals surface area contributed by atoms with E-state index < -0.39 is 0 Å². The van der Waals surface area contributed by atoms with Crippen LogP contribution in [0.3, 0.4) is 0 Å². The van der Waals surface area contributed by atoms with Gasteiger partial charge in [0.1, 0.15) is 0 Å². The topological polar surface area (TPSA) is 12.9 Å². The number of hydrogen-bond donors (Lipinski definition) is 0. The summed E-state index contributed by atoms with van der Waals surface area (Å²) in [6.45, 7) is 8.43. The molecule has 0 N–H and O–H groups in total. The molecular formula is C12H17N. The highest BCUT2D eigenvalue weighted by molar-refractivity contribution is 5.48. The van der Waals surface area contributed by atoms with Crippen LogP contribution >= 0.6 is 0 Å². The Morgan fingerprint density at radius 3 is 2.54 bits per heavy atom. The van der Waals surface area contributed by atoms with Crippen LogP contribution in [0.4, 0.5) is 0 Å². The van der Waals surface area contributed by atoms with E-state index in [2.05, 4.69) is 44.0 Å². The Hall–Kier alpha value is -1.11. The van der Waals surface area contributed by atoms with Gasteiger partial charge in [-0.3, -0.25) is 4.98 Å². The molecule has 0 saturated heterocycles. The molecule has 70 valence electrons. The Kier molecular flexibility index (Phi) is 3.24. The van der Waals surface area contributed by atoms with Gasteiger partial charge in [0.15, 0.2) is 0 Å². The van der Waals surface area contributed by atoms with Crippen molar-refractivity contribution < 1.29 is 0 Å². The van der Waals surface area contributed by atoms with Crippen molar-refractivity contribution >= 4 is 6.08 Å². The SMILES string of the molecule is C/C=C\c1nc(C(C)C)ccc1C. The zero-order valence-electron chi connectivity index (χ0n) is 8.83. The van der Waals surface area contributed by atoms with E-state index in [4.69, 9.17) is 0 Å². The summed E-state index contributed by atoms with van der Waals surface area (Å²) in [6, 6.07) is 4.24. The van der Waals surface area contributed by atoms with Crippen molar-refractivity contribution in [2.75, 3.05) is 0 Å². The second kappa shape index (κ2) is 4.22. The van der Waals surface area contributed by atoms with Crippen molar-refractivity contribution in [1.29, 1.82) is 0 Å². The highest BCUT2D eigenvalue weighted by Crippen LogP contribution is 2.15. The van der Waals surface area contributed by atoms with Crippen LogP contribution in [0.25, 0.3) is 6.08 Å². The molecule has 1 heteroatoms. The van der Waals surface area contributed by atoms with Gasteiger partial charge in [0.2, 0.25) is 0 Å². The van der Waals surface area contributed by atoms with Crippen molar-refractivity contribution in [3.63, 3.8) is 0 Å². The van der Waals surface area contributed by atoms with Crippen molar-refractivity contribution in [3.05, 3.63) is 35.2 Å². The standard InChI is InChI=1S/C12H17N/c1-5-6-12-10(4)7-8-11(13-12)9(2)3/h5-9H,1-4H3/b6-5-. The predicted octanol–water partition coefficient (Wildman–Crippen LogP) is 3.55. The highest BCUT2D eigenvalue weighted by atomic mass is 14.7. The van der Waals surface area contributed by atoms with E-state index in [1.54, 1.807) is 0 Å². The molecule has 1 nitrogen and oxygen atoms in total. The van der Waals surface area contributed by atoms with Gasteiger partial charge in [-0.15, -0.1) is 0 Å². The first-order valence-electron chi connectivity index (χ1n) is 4.75. The molecule has 0 aromatic carbocycles. The van der Waals surface area contributed by atoms with E-state index in [-0.39, 0.29) is 0 Å². The first kappa shape index (κ1) is 9.97. The van der Waals surface area contributed by atoms with Crippen LogP contribution in [-0.4, -0.2) is 4.98 Å². The van der Waals surface area contributed by atoms with Crippen molar-refractivity contribution in [3.8, 4) is 0 Å². The summed E-state index contributed by atoms with van der Waals surface area (Å²) in [4.78, 5) is 4.57. The molecule has 0 fully saturated rings. The number of hydrogen-bond acceptors (Lipinski definition) is 1. The Labute approximate surface area is 80.5 Å². The maximum Gasteiger partial charge on any atom is 0.0658 e. The molecule has 0 radical (unpaired) electrons. The van der Waals surface area contributed by atoms with E-state index in [0.29, 0.717) is 5.92 Å². The molecule has 0 aliphatic rings. The van der Waals surface area contributed by atoms with Gasteiger partial charge in [0.25, 0.3) is 0 Å². The maximum atomic E-state index is 4.57. The quantitative estimate of drug-likeness (QED) is 0.670. The molecule has 0 saturated carbocycles. The lowest BCUT2D eigenvalue weighted by Gasteiger charge is -2.07. The Morgan fingerprint density at radius 1 is 1.31 bits per heavy atom. The molecule has 13 heavy (non-hydrogen) atoms. The zero-order chi connectivity index (χ0) is 9.84. The smallest absolute Gasteiger partial charge is 0.0658 e. The molecule has 0 amide bonds. The van der Waals surface area contributed by atoms with E-state index >= 15 is 0 Å². The number of nitrogens with zero attached hydrogens (tertiary/aromatic N) is 1. The lowest BCUT2D eigenvalue weighted by molar-refractivity contribution is 0.819. The minimum atomic E-state index is 0.504. The monoisotopic (exact) mass is 175 g/mol. The summed E-state index contributed by atoms with van der Waals surface area (Å²) >= 11 is 0. The van der Waals surface area contributed by atoms with Crippen LogP contribution in [0.15, 0.2) is 18.2 Å². The summed E-state index contributed by atoms with van der Waals surface area (Å²) in [5.74, 6) is 0.504. The van der Waals surface area contributed by atoms with Crippen LogP contribution in [-0.2, 0) is 0 Å². The summed E-state index contributed by atoms with van der Waals surface area (Å²) in [5.41, 5.74) is 3.50. The largest absolute Gasteiger partial charge is 0.253 e. The first-order chi connectivity index (χ1) is 6.15. The van der Waals surface area contributed by atoms with Crippen LogP contribution in [0, 0.1) is 6.92 Å². The Bertz CT molecular complexity index is 311. The second-order valence-corrected chi connectivity index (χ2v) is 3.59. The lowest BCUT2D eigenvalue weighted by Crippen LogP contribution is -1.96. The molecule has 1 rings (SSSR count). The summed E-state index contributed by atoms with van der Waals surface area (Å²) in [7, 11) is 0. The number of rotatable bonds is 2. The third-order valence-electron chi connectivity index (χ3n) is 2.07. The van der Waals surface area contributed by atoms with E-state index in [1.165, 1.54) is 11.3 Å². The number of allylic oxidation sites excluding steroid dienone is 1. The van der Waals surface area contributed by atoms with Gasteiger partial charge in [0, 0.05) is 5.69 Å². The second-order valence-electron chi connectivity index (χ2n) is 3.59. The van der Waals surface area contributed by atoms with Gasteiger partial charge < -0.3 is 0 Å². The highest BCUT2D eigenvalue weighted by Gasteiger charge is 2.02. The molecule has 0 aliphatic carbocycles. The first-order valence-corrected chi connectivity index (χ1v) is 4.75. The van der Waals surface area contributed by atoms with Gasteiger partial charge in [-0.05, 0) is 37.5 Å². The summed E-state index contributed by atoms with van der Waals surface area (Å²) < 4.78 is 0. The molecule has 0 unspecified atom stereocenters. The average Bonchev–Trinajstić information content (AvgIpc) is 2.08. The maximum absolute atomic E-state index is 4.57. The van der Waals surface area contributed by atoms with Crippen LogP contribution < -0.4 is 0 Å². The third-order valence-corrected chi connectivity index (χ3v) is 2.07. The zero-order valence-corrected chi connectivity index (χ0v) is 8.83. The van der Waals surface area contributed by atoms with Crippen LogP contribution in [0.5, 0.6) is 0 Å². The van der Waals surface area contributed by atoms with E-state index in [1.807, 2.05) is 13.0 Å². The Balaban J connectivity index is 3.11. The molecule has 0 spiro atoms. The molecule has 1 aromatic heterocycles. The van der Waals surface area contributed by atoms with E-state index in [9.17, 15) is 0 Å². The van der Waals surface area contributed by atoms with Gasteiger partial charge in [-0.2, -0.15) is 0 Å². The average molecular weight is 175 g/mol. The fourth-order valence-electron chi connectivity index (χ4n) is 1.21. The van der Waals surface area contributed by atoms with Crippen molar-refractivity contribution in [1.82, 2.24) is 4.98 Å². The summed E-state index contributed by atoms with van der Waals surface area (Å²) in [5, 5.41) is 0. The minimum absolute atomic E-state index is 0.504. The van der Waals surface area contributed by atoms with Crippen LogP contribution in [0.2, 0.25) is 0 Å². The Morgan fingerprint density at radius 2 is 2.00 bits per heavy atom. The molecular weight excluding hydrogens is 158 g/mol. The fourth-order valence-corrected chi connectivity index (χ4v) is 1.21. The number of aromatic nitrogens is 1. The van der Waals surface area contributed by atoms with Gasteiger partial charge >= 0.3 is 0 Å². The number of pyridine rings is 1. The third kappa shape index (κ3) is 2.41. The lowest BCUT2D eigenvalue weighted by atomic mass is 10.1. The molecule has 0 aliphatic heterocycles.